The number of likely N-dealkylation sites (N-methyl/N-ethyl adjacent to an activating group) is 1. The molecule has 2 atom stereocenters. The van der Waals surface area contributed by atoms with Gasteiger partial charge in [-0.05, 0) is 50.6 Å². The minimum atomic E-state index is -0.262. The summed E-state index contributed by atoms with van der Waals surface area (Å²) in [6, 6.07) is 13.6. The fourth-order valence-electron chi connectivity index (χ4n) is 6.85. The second kappa shape index (κ2) is 12.6. The van der Waals surface area contributed by atoms with Crippen LogP contribution >= 0.6 is 0 Å². The number of aromatic nitrogens is 2. The number of nitrogens with zero attached hydrogens (tertiary/aromatic N) is 7. The molecule has 43 heavy (non-hydrogen) atoms. The molecule has 1 aromatic heterocycles. The lowest BCUT2D eigenvalue weighted by Gasteiger charge is -2.42. The number of fused-ring (bicyclic) bond motifs is 2. The van der Waals surface area contributed by atoms with Crippen LogP contribution in [-0.2, 0) is 17.8 Å². The summed E-state index contributed by atoms with van der Waals surface area (Å²) in [5, 5.41) is 11.0. The Morgan fingerprint density at radius 1 is 1.12 bits per heavy atom. The number of anilines is 2. The molecule has 0 bridgehead atoms. The number of ether oxygens (including phenoxy) is 1. The van der Waals surface area contributed by atoms with Crippen LogP contribution < -0.4 is 14.5 Å². The molecule has 0 N–H and O–H groups in total. The van der Waals surface area contributed by atoms with E-state index >= 15 is 0 Å². The summed E-state index contributed by atoms with van der Waals surface area (Å²) in [7, 11) is 0. The fourth-order valence-corrected chi connectivity index (χ4v) is 6.85. The number of carbonyl (C=O) groups is 1. The second-order valence-electron chi connectivity index (χ2n) is 11.5. The molecule has 0 saturated carbocycles. The first kappa shape index (κ1) is 28.9. The third kappa shape index (κ3) is 5.74. The molecule has 0 aliphatic carbocycles. The molecule has 10 heteroatoms. The van der Waals surface area contributed by atoms with Gasteiger partial charge in [-0.15, -0.1) is 0 Å². The molecule has 0 unspecified atom stereocenters. The van der Waals surface area contributed by atoms with E-state index in [9.17, 15) is 14.4 Å². The summed E-state index contributed by atoms with van der Waals surface area (Å²) in [5.74, 6) is 0.426. The van der Waals surface area contributed by atoms with Crippen LogP contribution in [0.5, 0.6) is 6.01 Å². The topological polar surface area (TPSA) is 88.8 Å². The van der Waals surface area contributed by atoms with Gasteiger partial charge in [0.2, 0.25) is 5.91 Å². The number of benzene rings is 2. The maximum atomic E-state index is 14.6. The van der Waals surface area contributed by atoms with Crippen LogP contribution in [0.2, 0.25) is 0 Å². The van der Waals surface area contributed by atoms with E-state index in [0.717, 1.165) is 60.6 Å². The first-order valence-corrected chi connectivity index (χ1v) is 15.2. The highest BCUT2D eigenvalue weighted by Crippen LogP contribution is 2.35. The zero-order valence-electron chi connectivity index (χ0n) is 24.7. The lowest BCUT2D eigenvalue weighted by Crippen LogP contribution is -2.55. The Morgan fingerprint density at radius 3 is 2.74 bits per heavy atom. The van der Waals surface area contributed by atoms with Crippen LogP contribution in [0.15, 0.2) is 49.1 Å². The second-order valence-corrected chi connectivity index (χ2v) is 11.5. The zero-order valence-corrected chi connectivity index (χ0v) is 24.7. The van der Waals surface area contributed by atoms with Gasteiger partial charge in [0.05, 0.1) is 30.8 Å². The summed E-state index contributed by atoms with van der Waals surface area (Å²) in [6.07, 6.45) is 4.50. The van der Waals surface area contributed by atoms with E-state index in [4.69, 9.17) is 14.7 Å². The van der Waals surface area contributed by atoms with Crippen molar-refractivity contribution in [1.82, 2.24) is 19.8 Å². The van der Waals surface area contributed by atoms with Gasteiger partial charge in [-0.2, -0.15) is 15.2 Å². The smallest absolute Gasteiger partial charge is 0.318 e. The average Bonchev–Trinajstić information content (AvgIpc) is 3.51. The standard InChI is InChI=1S/C33H38FN7O2/c1-3-31(42)41-19-18-40(20-23(41)13-15-35)32-27-14-17-39(30-12-11-28(34)25-9-5-6-10-26(25)30)21-29(27)36-33(37-32)43-22-24-8-7-16-38(24)4-2/h3,5-6,9-12,23-24H,1,4,7-8,13-14,16-22H2,2H3/t23-,24-/m0/s1. The lowest BCUT2D eigenvalue weighted by atomic mass is 10.0. The SMILES string of the molecule is C=CC(=O)N1CCN(c2nc(OC[C@@H]3CCCN3CC)nc3c2CCN(c2ccc(F)c4ccccc24)C3)C[C@@H]1CC#N. The lowest BCUT2D eigenvalue weighted by molar-refractivity contribution is -0.128. The molecule has 9 nitrogen and oxygen atoms in total. The monoisotopic (exact) mass is 583 g/mol. The Kier molecular flexibility index (Phi) is 8.43. The van der Waals surface area contributed by atoms with E-state index in [1.807, 2.05) is 30.3 Å². The van der Waals surface area contributed by atoms with Gasteiger partial charge in [0, 0.05) is 54.2 Å². The molecule has 2 fully saturated rings. The molecule has 2 saturated heterocycles. The summed E-state index contributed by atoms with van der Waals surface area (Å²) >= 11 is 0. The predicted molar refractivity (Wildman–Crippen MR) is 165 cm³/mol. The molecule has 3 aliphatic rings. The molecule has 4 heterocycles. The van der Waals surface area contributed by atoms with E-state index in [2.05, 4.69) is 34.3 Å². The number of piperazine rings is 1. The van der Waals surface area contributed by atoms with Crippen molar-refractivity contribution in [2.75, 3.05) is 55.7 Å². The van der Waals surface area contributed by atoms with E-state index in [1.54, 1.807) is 4.90 Å². The Labute approximate surface area is 252 Å². The quantitative estimate of drug-likeness (QED) is 0.363. The molecule has 3 aliphatic heterocycles. The maximum absolute atomic E-state index is 14.6. The Bertz CT molecular complexity index is 1560. The summed E-state index contributed by atoms with van der Waals surface area (Å²) in [5.41, 5.74) is 2.92. The van der Waals surface area contributed by atoms with Crippen LogP contribution in [0.3, 0.4) is 0 Å². The fraction of sp³-hybridized carbons (Fsp3) is 0.455. The third-order valence-corrected chi connectivity index (χ3v) is 9.09. The normalized spacial score (nSPS) is 20.6. The average molecular weight is 584 g/mol. The number of amides is 1. The summed E-state index contributed by atoms with van der Waals surface area (Å²) in [6.45, 7) is 11.2. The summed E-state index contributed by atoms with van der Waals surface area (Å²) in [4.78, 5) is 31.0. The number of hydrogen-bond acceptors (Lipinski definition) is 8. The van der Waals surface area contributed by atoms with Crippen molar-refractivity contribution < 1.29 is 13.9 Å². The molecule has 0 radical (unpaired) electrons. The number of likely N-dealkylation sites (tertiary alicyclic amines) is 1. The number of rotatable bonds is 8. The molecule has 0 spiro atoms. The summed E-state index contributed by atoms with van der Waals surface area (Å²) < 4.78 is 20.9. The van der Waals surface area contributed by atoms with Crippen molar-refractivity contribution in [3.63, 3.8) is 0 Å². The van der Waals surface area contributed by atoms with Gasteiger partial charge in [-0.3, -0.25) is 9.69 Å². The van der Waals surface area contributed by atoms with E-state index < -0.39 is 0 Å². The van der Waals surface area contributed by atoms with Crippen molar-refractivity contribution in [2.45, 2.75) is 51.2 Å². The van der Waals surface area contributed by atoms with Gasteiger partial charge in [-0.1, -0.05) is 37.8 Å². The highest BCUT2D eigenvalue weighted by molar-refractivity contribution is 5.94. The van der Waals surface area contributed by atoms with Crippen LogP contribution in [-0.4, -0.2) is 83.6 Å². The van der Waals surface area contributed by atoms with E-state index in [0.29, 0.717) is 56.6 Å². The number of halogens is 1. The molecule has 1 amide bonds. The van der Waals surface area contributed by atoms with Crippen molar-refractivity contribution in [3.05, 3.63) is 66.1 Å². The zero-order chi connectivity index (χ0) is 29.9. The van der Waals surface area contributed by atoms with Crippen LogP contribution in [0, 0.1) is 17.1 Å². The molecule has 224 valence electrons. The first-order chi connectivity index (χ1) is 21.0. The highest BCUT2D eigenvalue weighted by atomic mass is 19.1. The van der Waals surface area contributed by atoms with Crippen molar-refractivity contribution in [1.29, 1.82) is 5.26 Å². The highest BCUT2D eigenvalue weighted by Gasteiger charge is 2.34. The Morgan fingerprint density at radius 2 is 1.95 bits per heavy atom. The third-order valence-electron chi connectivity index (χ3n) is 9.09. The van der Waals surface area contributed by atoms with Crippen molar-refractivity contribution in [3.8, 4) is 12.1 Å². The Hall–Kier alpha value is -4.23. The van der Waals surface area contributed by atoms with Crippen molar-refractivity contribution >= 4 is 28.2 Å². The van der Waals surface area contributed by atoms with Gasteiger partial charge in [0.1, 0.15) is 18.2 Å². The number of carbonyl (C=O) groups excluding carboxylic acids is 1. The van der Waals surface area contributed by atoms with Gasteiger partial charge in [0.25, 0.3) is 0 Å². The minimum absolute atomic E-state index is 0.159. The van der Waals surface area contributed by atoms with Crippen LogP contribution in [0.4, 0.5) is 15.9 Å². The molecule has 2 aromatic carbocycles. The molecular formula is C33H38FN7O2. The largest absolute Gasteiger partial charge is 0.462 e. The number of hydrogen-bond donors (Lipinski definition) is 0. The van der Waals surface area contributed by atoms with Gasteiger partial charge in [0.15, 0.2) is 0 Å². The maximum Gasteiger partial charge on any atom is 0.318 e. The van der Waals surface area contributed by atoms with Crippen molar-refractivity contribution in [2.24, 2.45) is 0 Å². The van der Waals surface area contributed by atoms with Gasteiger partial charge in [-0.25, -0.2) is 4.39 Å². The Balaban J connectivity index is 1.33. The number of nitriles is 1. The molecule has 6 rings (SSSR count). The molecular weight excluding hydrogens is 545 g/mol. The van der Waals surface area contributed by atoms with Gasteiger partial charge < -0.3 is 19.4 Å². The van der Waals surface area contributed by atoms with Crippen LogP contribution in [0.1, 0.15) is 37.4 Å². The minimum Gasteiger partial charge on any atom is -0.462 e. The van der Waals surface area contributed by atoms with E-state index in [1.165, 1.54) is 12.1 Å². The van der Waals surface area contributed by atoms with Crippen LogP contribution in [0.25, 0.3) is 10.8 Å². The molecule has 3 aromatic rings. The van der Waals surface area contributed by atoms with E-state index in [-0.39, 0.29) is 24.2 Å². The predicted octanol–water partition coefficient (Wildman–Crippen LogP) is 4.31. The first-order valence-electron chi connectivity index (χ1n) is 15.2. The van der Waals surface area contributed by atoms with Gasteiger partial charge >= 0.3 is 6.01 Å².